The fourth-order valence-electron chi connectivity index (χ4n) is 3.73. The predicted molar refractivity (Wildman–Crippen MR) is 94.6 cm³/mol. The second-order valence-corrected chi connectivity index (χ2v) is 7.74. The largest absolute Gasteiger partial charge is 0.381 e. The van der Waals surface area contributed by atoms with Gasteiger partial charge in [0.15, 0.2) is 0 Å². The Labute approximate surface area is 145 Å². The fourth-order valence-corrected chi connectivity index (χ4v) is 4.56. The molecule has 2 nitrogen and oxygen atoms in total. The first-order valence-corrected chi connectivity index (χ1v) is 9.35. The zero-order chi connectivity index (χ0) is 14.8. The monoisotopic (exact) mass is 390 g/mol. The lowest BCUT2D eigenvalue weighted by molar-refractivity contribution is 0.286. The molecule has 2 aliphatic rings. The lowest BCUT2D eigenvalue weighted by atomic mass is 9.88. The molecule has 0 amide bonds. The highest BCUT2D eigenvalue weighted by Crippen LogP contribution is 2.39. The molecule has 1 aromatic rings. The van der Waals surface area contributed by atoms with Gasteiger partial charge in [0, 0.05) is 16.6 Å². The maximum atomic E-state index is 6.37. The van der Waals surface area contributed by atoms with Crippen molar-refractivity contribution in [3.8, 4) is 0 Å². The van der Waals surface area contributed by atoms with Crippen molar-refractivity contribution in [1.29, 1.82) is 0 Å². The Balaban J connectivity index is 1.72. The Morgan fingerprint density at radius 3 is 2.67 bits per heavy atom. The van der Waals surface area contributed by atoms with Crippen molar-refractivity contribution < 1.29 is 0 Å². The third-order valence-corrected chi connectivity index (χ3v) is 6.58. The highest BCUT2D eigenvalue weighted by atomic mass is 79.9. The third kappa shape index (κ3) is 3.52. The topological polar surface area (TPSA) is 24.1 Å². The Kier molecular flexibility index (Phi) is 5.36. The van der Waals surface area contributed by atoms with Gasteiger partial charge in [0.25, 0.3) is 0 Å². The summed E-state index contributed by atoms with van der Waals surface area (Å²) in [5, 5.41) is 8.56. The summed E-state index contributed by atoms with van der Waals surface area (Å²) in [6.07, 6.45) is 7.78. The first-order chi connectivity index (χ1) is 10.2. The van der Waals surface area contributed by atoms with Crippen LogP contribution in [-0.2, 0) is 0 Å². The van der Waals surface area contributed by atoms with Crippen LogP contribution in [0.15, 0.2) is 16.6 Å². The van der Waals surface area contributed by atoms with E-state index in [1.807, 2.05) is 12.1 Å². The minimum atomic E-state index is 0.496. The summed E-state index contributed by atoms with van der Waals surface area (Å²) in [6.45, 7) is 1.17. The molecule has 116 valence electrons. The van der Waals surface area contributed by atoms with Gasteiger partial charge in [-0.15, -0.1) is 0 Å². The van der Waals surface area contributed by atoms with Crippen molar-refractivity contribution in [2.24, 2.45) is 5.92 Å². The Hall–Kier alpha value is 0.0400. The number of anilines is 1. The molecule has 2 fully saturated rings. The van der Waals surface area contributed by atoms with Crippen molar-refractivity contribution in [2.45, 2.75) is 50.6 Å². The second-order valence-electron chi connectivity index (χ2n) is 6.12. The minimum absolute atomic E-state index is 0.496. The van der Waals surface area contributed by atoms with Crippen molar-refractivity contribution in [2.75, 3.05) is 11.9 Å². The van der Waals surface area contributed by atoms with Gasteiger partial charge in [-0.3, -0.25) is 0 Å². The van der Waals surface area contributed by atoms with E-state index in [0.717, 1.165) is 10.2 Å². The molecule has 0 aromatic heterocycles. The van der Waals surface area contributed by atoms with E-state index in [4.69, 9.17) is 23.2 Å². The van der Waals surface area contributed by atoms with E-state index < -0.39 is 0 Å². The van der Waals surface area contributed by atoms with Gasteiger partial charge in [0.1, 0.15) is 0 Å². The van der Waals surface area contributed by atoms with Crippen LogP contribution < -0.4 is 10.6 Å². The van der Waals surface area contributed by atoms with Gasteiger partial charge in [-0.05, 0) is 66.2 Å². The average Bonchev–Trinajstić information content (AvgIpc) is 2.97. The van der Waals surface area contributed by atoms with Crippen LogP contribution in [0.2, 0.25) is 10.0 Å². The van der Waals surface area contributed by atoms with E-state index in [2.05, 4.69) is 26.6 Å². The van der Waals surface area contributed by atoms with E-state index in [-0.39, 0.29) is 0 Å². The molecule has 21 heavy (non-hydrogen) atoms. The molecule has 1 saturated heterocycles. The van der Waals surface area contributed by atoms with Crippen molar-refractivity contribution in [3.63, 3.8) is 0 Å². The number of rotatable bonds is 3. The van der Waals surface area contributed by atoms with Gasteiger partial charge in [0.05, 0.1) is 15.7 Å². The van der Waals surface area contributed by atoms with Crippen LogP contribution in [0.1, 0.15) is 38.5 Å². The van der Waals surface area contributed by atoms with E-state index in [0.29, 0.717) is 28.0 Å². The van der Waals surface area contributed by atoms with Crippen LogP contribution in [0, 0.1) is 5.92 Å². The standard InChI is InChI=1S/C16H21BrCl2N2/c17-11-7-8-14(16(19)15(11)18)21-13-6-3-4-10(13)12-5-1-2-9-20-12/h7-8,10,12-13,20-21H,1-6,9H2. The van der Waals surface area contributed by atoms with Gasteiger partial charge in [0.2, 0.25) is 0 Å². The average molecular weight is 392 g/mol. The van der Waals surface area contributed by atoms with E-state index in [1.165, 1.54) is 45.1 Å². The second kappa shape index (κ2) is 7.08. The van der Waals surface area contributed by atoms with Crippen LogP contribution >= 0.6 is 39.1 Å². The molecule has 3 atom stereocenters. The number of benzene rings is 1. The number of nitrogens with one attached hydrogen (secondary N) is 2. The summed E-state index contributed by atoms with van der Waals surface area (Å²) in [5.41, 5.74) is 0.956. The zero-order valence-electron chi connectivity index (χ0n) is 12.0. The van der Waals surface area contributed by atoms with Gasteiger partial charge < -0.3 is 10.6 Å². The van der Waals surface area contributed by atoms with Crippen LogP contribution in [0.4, 0.5) is 5.69 Å². The van der Waals surface area contributed by atoms with Crippen molar-refractivity contribution >= 4 is 44.8 Å². The molecule has 1 aliphatic heterocycles. The smallest absolute Gasteiger partial charge is 0.0835 e. The first kappa shape index (κ1) is 15.9. The Morgan fingerprint density at radius 1 is 1.05 bits per heavy atom. The maximum Gasteiger partial charge on any atom is 0.0835 e. The molecular formula is C16H21BrCl2N2. The lowest BCUT2D eigenvalue weighted by Crippen LogP contribution is -2.44. The van der Waals surface area contributed by atoms with E-state index in [9.17, 15) is 0 Å². The third-order valence-electron chi connectivity index (χ3n) is 4.81. The van der Waals surface area contributed by atoms with Gasteiger partial charge >= 0.3 is 0 Å². The molecule has 0 spiro atoms. The molecular weight excluding hydrogens is 371 g/mol. The molecule has 3 unspecified atom stereocenters. The molecule has 3 rings (SSSR count). The van der Waals surface area contributed by atoms with E-state index >= 15 is 0 Å². The molecule has 5 heteroatoms. The van der Waals surface area contributed by atoms with E-state index in [1.54, 1.807) is 0 Å². The summed E-state index contributed by atoms with van der Waals surface area (Å²) in [6, 6.07) is 5.13. The lowest BCUT2D eigenvalue weighted by Gasteiger charge is -2.33. The molecule has 1 saturated carbocycles. The Bertz CT molecular complexity index is 503. The first-order valence-electron chi connectivity index (χ1n) is 7.80. The summed E-state index contributed by atoms with van der Waals surface area (Å²) >= 11 is 16.0. The summed E-state index contributed by atoms with van der Waals surface area (Å²) in [7, 11) is 0. The van der Waals surface area contributed by atoms with Gasteiger partial charge in [-0.25, -0.2) is 0 Å². The zero-order valence-corrected chi connectivity index (χ0v) is 15.1. The summed E-state index contributed by atoms with van der Waals surface area (Å²) in [5.74, 6) is 0.698. The SMILES string of the molecule is Clc1c(Br)ccc(NC2CCCC2C2CCCCN2)c1Cl. The number of hydrogen-bond donors (Lipinski definition) is 2. The molecule has 1 aliphatic carbocycles. The molecule has 2 N–H and O–H groups in total. The summed E-state index contributed by atoms with van der Waals surface area (Å²) < 4.78 is 0.844. The summed E-state index contributed by atoms with van der Waals surface area (Å²) in [4.78, 5) is 0. The fraction of sp³-hybridized carbons (Fsp3) is 0.625. The molecule has 1 aromatic carbocycles. The van der Waals surface area contributed by atoms with Crippen molar-refractivity contribution in [1.82, 2.24) is 5.32 Å². The minimum Gasteiger partial charge on any atom is -0.381 e. The number of halogens is 3. The quantitative estimate of drug-likeness (QED) is 0.666. The molecule has 0 bridgehead atoms. The number of hydrogen-bond acceptors (Lipinski definition) is 2. The van der Waals surface area contributed by atoms with Crippen LogP contribution in [0.25, 0.3) is 0 Å². The normalized spacial score (nSPS) is 29.6. The van der Waals surface area contributed by atoms with Crippen LogP contribution in [-0.4, -0.2) is 18.6 Å². The molecule has 0 radical (unpaired) electrons. The highest BCUT2D eigenvalue weighted by molar-refractivity contribution is 9.10. The highest BCUT2D eigenvalue weighted by Gasteiger charge is 2.34. The van der Waals surface area contributed by atoms with Gasteiger partial charge in [-0.2, -0.15) is 0 Å². The van der Waals surface area contributed by atoms with Crippen LogP contribution in [0.3, 0.4) is 0 Å². The predicted octanol–water partition coefficient (Wildman–Crippen LogP) is 5.48. The maximum absolute atomic E-state index is 6.37. The number of piperidine rings is 1. The van der Waals surface area contributed by atoms with Crippen LogP contribution in [0.5, 0.6) is 0 Å². The van der Waals surface area contributed by atoms with Gasteiger partial charge in [-0.1, -0.05) is 36.0 Å². The Morgan fingerprint density at radius 2 is 1.90 bits per heavy atom. The van der Waals surface area contributed by atoms with Crippen molar-refractivity contribution in [3.05, 3.63) is 26.7 Å². The molecule has 1 heterocycles.